The number of carbonyl (C=O) groups excluding carboxylic acids is 2. The van der Waals surface area contributed by atoms with Gasteiger partial charge in [0.15, 0.2) is 0 Å². The van der Waals surface area contributed by atoms with Gasteiger partial charge in [0.2, 0.25) is 11.8 Å². The zero-order chi connectivity index (χ0) is 15.2. The topological polar surface area (TPSA) is 71.3 Å². The van der Waals surface area contributed by atoms with Crippen LogP contribution in [0.1, 0.15) is 17.7 Å². The van der Waals surface area contributed by atoms with Gasteiger partial charge in [0.1, 0.15) is 12.2 Å². The molecule has 110 valence electrons. The number of hydrogen-bond acceptors (Lipinski definition) is 3. The van der Waals surface area contributed by atoms with Crippen molar-refractivity contribution in [3.63, 3.8) is 0 Å². The predicted molar refractivity (Wildman–Crippen MR) is 80.0 cm³/mol. The number of amides is 2. The maximum absolute atomic E-state index is 11.8. The highest BCUT2D eigenvalue weighted by molar-refractivity contribution is 6.31. The van der Waals surface area contributed by atoms with Crippen molar-refractivity contribution in [2.24, 2.45) is 0 Å². The predicted octanol–water partition coefficient (Wildman–Crippen LogP) is 2.89. The molecule has 0 atom stereocenters. The number of carbonyl (C=O) groups is 2. The molecule has 2 amide bonds. The lowest BCUT2D eigenvalue weighted by Crippen LogP contribution is -2.27. The van der Waals surface area contributed by atoms with Gasteiger partial charge in [-0.3, -0.25) is 9.59 Å². The maximum Gasteiger partial charge on any atom is 0.233 e. The zero-order valence-electron chi connectivity index (χ0n) is 11.5. The zero-order valence-corrected chi connectivity index (χ0v) is 12.2. The van der Waals surface area contributed by atoms with E-state index in [9.17, 15) is 9.59 Å². The first kappa shape index (κ1) is 15.1. The number of halogens is 1. The highest BCUT2D eigenvalue weighted by Crippen LogP contribution is 2.20. The summed E-state index contributed by atoms with van der Waals surface area (Å²) in [6, 6.07) is 8.67. The van der Waals surface area contributed by atoms with Crippen LogP contribution >= 0.6 is 11.6 Å². The standard InChI is InChI=1S/C15H15ClN2O3/c1-10-4-5-11(16)7-13(10)18-15(20)8-14(19)17-9-12-3-2-6-21-12/h2-7H,8-9H2,1H3,(H,17,19)(H,18,20). The van der Waals surface area contributed by atoms with E-state index in [-0.39, 0.29) is 18.9 Å². The molecule has 2 rings (SSSR count). The van der Waals surface area contributed by atoms with Crippen LogP contribution < -0.4 is 10.6 Å². The van der Waals surface area contributed by atoms with Crippen molar-refractivity contribution in [3.8, 4) is 0 Å². The Bertz CT molecular complexity index is 638. The van der Waals surface area contributed by atoms with Gasteiger partial charge in [-0.1, -0.05) is 17.7 Å². The first-order chi connectivity index (χ1) is 10.0. The Morgan fingerprint density at radius 3 is 2.76 bits per heavy atom. The summed E-state index contributed by atoms with van der Waals surface area (Å²) in [5, 5.41) is 5.80. The molecule has 0 aliphatic carbocycles. The van der Waals surface area contributed by atoms with E-state index in [4.69, 9.17) is 16.0 Å². The Labute approximate surface area is 127 Å². The molecular formula is C15H15ClN2O3. The second-order valence-corrected chi connectivity index (χ2v) is 4.98. The van der Waals surface area contributed by atoms with Crippen molar-refractivity contribution in [3.05, 3.63) is 52.9 Å². The molecule has 6 heteroatoms. The third-order valence-electron chi connectivity index (χ3n) is 2.83. The Kier molecular flexibility index (Phi) is 5.00. The van der Waals surface area contributed by atoms with Gasteiger partial charge >= 0.3 is 0 Å². The number of anilines is 1. The molecule has 0 bridgehead atoms. The van der Waals surface area contributed by atoms with Crippen LogP contribution in [0, 0.1) is 6.92 Å². The van der Waals surface area contributed by atoms with Gasteiger partial charge < -0.3 is 15.1 Å². The molecule has 1 heterocycles. The number of benzene rings is 1. The molecular weight excluding hydrogens is 292 g/mol. The quantitative estimate of drug-likeness (QED) is 0.834. The van der Waals surface area contributed by atoms with Crippen molar-refractivity contribution in [1.29, 1.82) is 0 Å². The molecule has 1 aromatic heterocycles. The summed E-state index contributed by atoms with van der Waals surface area (Å²) in [6.07, 6.45) is 1.27. The monoisotopic (exact) mass is 306 g/mol. The third-order valence-corrected chi connectivity index (χ3v) is 3.07. The van der Waals surface area contributed by atoms with Crippen LogP contribution in [0.5, 0.6) is 0 Å². The molecule has 2 N–H and O–H groups in total. The lowest BCUT2D eigenvalue weighted by atomic mass is 10.2. The van der Waals surface area contributed by atoms with Gasteiger partial charge in [0.25, 0.3) is 0 Å². The van der Waals surface area contributed by atoms with Crippen molar-refractivity contribution >= 4 is 29.1 Å². The van der Waals surface area contributed by atoms with Crippen LogP contribution in [0.25, 0.3) is 0 Å². The van der Waals surface area contributed by atoms with Gasteiger partial charge in [-0.25, -0.2) is 0 Å². The lowest BCUT2D eigenvalue weighted by Gasteiger charge is -2.09. The molecule has 0 fully saturated rings. The molecule has 5 nitrogen and oxygen atoms in total. The normalized spacial score (nSPS) is 10.2. The average molecular weight is 307 g/mol. The fourth-order valence-corrected chi connectivity index (χ4v) is 1.90. The third kappa shape index (κ3) is 4.65. The molecule has 0 saturated carbocycles. The van der Waals surface area contributed by atoms with Crippen molar-refractivity contribution in [1.82, 2.24) is 5.32 Å². The Morgan fingerprint density at radius 2 is 2.05 bits per heavy atom. The largest absolute Gasteiger partial charge is 0.467 e. The number of furan rings is 1. The smallest absolute Gasteiger partial charge is 0.233 e. The van der Waals surface area contributed by atoms with Crippen LogP contribution in [-0.2, 0) is 16.1 Å². The Morgan fingerprint density at radius 1 is 1.24 bits per heavy atom. The van der Waals surface area contributed by atoms with E-state index in [1.54, 1.807) is 30.3 Å². The molecule has 0 aliphatic rings. The van der Waals surface area contributed by atoms with E-state index in [2.05, 4.69) is 10.6 Å². The summed E-state index contributed by atoms with van der Waals surface area (Å²) in [4.78, 5) is 23.5. The van der Waals surface area contributed by atoms with E-state index in [0.29, 0.717) is 16.5 Å². The number of rotatable bonds is 5. The summed E-state index contributed by atoms with van der Waals surface area (Å²) >= 11 is 5.87. The summed E-state index contributed by atoms with van der Waals surface area (Å²) in [6.45, 7) is 2.11. The molecule has 0 unspecified atom stereocenters. The fourth-order valence-electron chi connectivity index (χ4n) is 1.73. The van der Waals surface area contributed by atoms with Gasteiger partial charge in [-0.15, -0.1) is 0 Å². The number of aryl methyl sites for hydroxylation is 1. The summed E-state index contributed by atoms with van der Waals surface area (Å²) in [5.41, 5.74) is 1.48. The Balaban J connectivity index is 1.83. The summed E-state index contributed by atoms with van der Waals surface area (Å²) in [7, 11) is 0. The van der Waals surface area contributed by atoms with Crippen LogP contribution in [0.2, 0.25) is 5.02 Å². The minimum absolute atomic E-state index is 0.257. The highest BCUT2D eigenvalue weighted by atomic mass is 35.5. The van der Waals surface area contributed by atoms with Crippen LogP contribution in [0.3, 0.4) is 0 Å². The van der Waals surface area contributed by atoms with Crippen LogP contribution in [0.15, 0.2) is 41.0 Å². The van der Waals surface area contributed by atoms with Crippen molar-refractivity contribution in [2.75, 3.05) is 5.32 Å². The van der Waals surface area contributed by atoms with Gasteiger partial charge in [0.05, 0.1) is 12.8 Å². The number of nitrogens with one attached hydrogen (secondary N) is 2. The van der Waals surface area contributed by atoms with Crippen molar-refractivity contribution in [2.45, 2.75) is 19.9 Å². The SMILES string of the molecule is Cc1ccc(Cl)cc1NC(=O)CC(=O)NCc1ccco1. The highest BCUT2D eigenvalue weighted by Gasteiger charge is 2.11. The Hall–Kier alpha value is -2.27. The van der Waals surface area contributed by atoms with Gasteiger partial charge in [-0.2, -0.15) is 0 Å². The molecule has 0 spiro atoms. The van der Waals surface area contributed by atoms with E-state index >= 15 is 0 Å². The number of hydrogen-bond donors (Lipinski definition) is 2. The molecule has 2 aromatic rings. The van der Waals surface area contributed by atoms with E-state index in [1.165, 1.54) is 6.26 Å². The van der Waals surface area contributed by atoms with Crippen LogP contribution in [-0.4, -0.2) is 11.8 Å². The first-order valence-electron chi connectivity index (χ1n) is 6.39. The molecule has 0 aliphatic heterocycles. The van der Waals surface area contributed by atoms with Gasteiger partial charge in [0, 0.05) is 10.7 Å². The van der Waals surface area contributed by atoms with Crippen LogP contribution in [0.4, 0.5) is 5.69 Å². The summed E-state index contributed by atoms with van der Waals surface area (Å²) < 4.78 is 5.08. The summed E-state index contributed by atoms with van der Waals surface area (Å²) in [5.74, 6) is -0.129. The average Bonchev–Trinajstić information content (AvgIpc) is 2.94. The van der Waals surface area contributed by atoms with E-state index < -0.39 is 5.91 Å². The molecule has 0 saturated heterocycles. The fraction of sp³-hybridized carbons (Fsp3) is 0.200. The molecule has 21 heavy (non-hydrogen) atoms. The van der Waals surface area contributed by atoms with Gasteiger partial charge in [-0.05, 0) is 36.8 Å². The van der Waals surface area contributed by atoms with E-state index in [1.807, 2.05) is 6.92 Å². The minimum Gasteiger partial charge on any atom is -0.467 e. The first-order valence-corrected chi connectivity index (χ1v) is 6.77. The second-order valence-electron chi connectivity index (χ2n) is 4.54. The molecule has 1 aromatic carbocycles. The lowest BCUT2D eigenvalue weighted by molar-refractivity contribution is -0.127. The van der Waals surface area contributed by atoms with Crippen molar-refractivity contribution < 1.29 is 14.0 Å². The maximum atomic E-state index is 11.8. The minimum atomic E-state index is -0.391. The van der Waals surface area contributed by atoms with E-state index in [0.717, 1.165) is 5.56 Å². The second kappa shape index (κ2) is 6.95. The molecule has 0 radical (unpaired) electrons.